The molecule has 0 aliphatic carbocycles. The first-order valence-corrected chi connectivity index (χ1v) is 4.67. The van der Waals surface area contributed by atoms with Crippen LogP contribution in [0.15, 0.2) is 22.7 Å². The number of hydrogen-bond acceptors (Lipinski definition) is 2. The average Bonchev–Trinajstić information content (AvgIpc) is 2.03. The molecule has 0 fully saturated rings. The largest absolute Gasteiger partial charge is 0.386 e. The monoisotopic (exact) mass is 242 g/mol. The maximum absolute atomic E-state index is 10.8. The van der Waals surface area contributed by atoms with E-state index in [0.29, 0.717) is 0 Å². The Morgan fingerprint density at radius 1 is 1.38 bits per heavy atom. The van der Waals surface area contributed by atoms with E-state index < -0.39 is 0 Å². The maximum Gasteiger partial charge on any atom is 0.221 e. The van der Waals surface area contributed by atoms with Gasteiger partial charge in [-0.15, -0.1) is 0 Å². The molecule has 0 spiro atoms. The van der Waals surface area contributed by atoms with Crippen molar-refractivity contribution in [3.05, 3.63) is 22.7 Å². The summed E-state index contributed by atoms with van der Waals surface area (Å²) < 4.78 is 0.940. The molecule has 0 bridgehead atoms. The van der Waals surface area contributed by atoms with Crippen molar-refractivity contribution in [3.8, 4) is 0 Å². The average molecular weight is 243 g/mol. The van der Waals surface area contributed by atoms with Crippen LogP contribution in [-0.2, 0) is 4.79 Å². The van der Waals surface area contributed by atoms with Crippen LogP contribution in [0.1, 0.15) is 6.92 Å². The molecule has 1 amide bonds. The number of halogens is 1. The molecule has 4 heteroatoms. The van der Waals surface area contributed by atoms with Crippen LogP contribution in [0.4, 0.5) is 11.4 Å². The molecule has 0 saturated carbocycles. The molecule has 0 atom stereocenters. The van der Waals surface area contributed by atoms with Gasteiger partial charge in [0.2, 0.25) is 5.91 Å². The quantitative estimate of drug-likeness (QED) is 0.837. The Bertz CT molecular complexity index is 325. The van der Waals surface area contributed by atoms with E-state index in [2.05, 4.69) is 26.6 Å². The maximum atomic E-state index is 10.8. The van der Waals surface area contributed by atoms with Crippen molar-refractivity contribution >= 4 is 33.2 Å². The summed E-state index contributed by atoms with van der Waals surface area (Å²) in [5.74, 6) is -0.0744. The Morgan fingerprint density at radius 3 is 2.62 bits per heavy atom. The molecule has 70 valence electrons. The van der Waals surface area contributed by atoms with Crippen molar-refractivity contribution < 1.29 is 4.79 Å². The Morgan fingerprint density at radius 2 is 2.08 bits per heavy atom. The second-order valence-corrected chi connectivity index (χ2v) is 3.54. The van der Waals surface area contributed by atoms with Crippen LogP contribution in [0, 0.1) is 0 Å². The first kappa shape index (κ1) is 10.1. The van der Waals surface area contributed by atoms with Gasteiger partial charge in [0.1, 0.15) is 0 Å². The van der Waals surface area contributed by atoms with E-state index in [1.54, 1.807) is 0 Å². The molecule has 2 N–H and O–H groups in total. The highest BCUT2D eigenvalue weighted by Crippen LogP contribution is 2.25. The van der Waals surface area contributed by atoms with E-state index in [1.807, 2.05) is 25.2 Å². The molecule has 0 aliphatic heterocycles. The number of carbonyl (C=O) groups is 1. The summed E-state index contributed by atoms with van der Waals surface area (Å²) in [6.07, 6.45) is 0. The highest BCUT2D eigenvalue weighted by Gasteiger charge is 2.02. The highest BCUT2D eigenvalue weighted by atomic mass is 79.9. The van der Waals surface area contributed by atoms with E-state index >= 15 is 0 Å². The molecule has 0 radical (unpaired) electrons. The topological polar surface area (TPSA) is 41.1 Å². The number of carbonyl (C=O) groups excluding carboxylic acids is 1. The summed E-state index contributed by atoms with van der Waals surface area (Å²) >= 11 is 3.34. The summed E-state index contributed by atoms with van der Waals surface area (Å²) in [4.78, 5) is 10.8. The molecule has 13 heavy (non-hydrogen) atoms. The molecule has 0 saturated heterocycles. The van der Waals surface area contributed by atoms with Crippen molar-refractivity contribution in [3.63, 3.8) is 0 Å². The van der Waals surface area contributed by atoms with Gasteiger partial charge in [0.05, 0.1) is 11.4 Å². The number of nitrogens with one attached hydrogen (secondary N) is 2. The summed E-state index contributed by atoms with van der Waals surface area (Å²) in [5, 5.41) is 5.73. The van der Waals surface area contributed by atoms with Gasteiger partial charge in [-0.1, -0.05) is 15.9 Å². The van der Waals surface area contributed by atoms with E-state index in [9.17, 15) is 4.79 Å². The number of benzene rings is 1. The minimum Gasteiger partial charge on any atom is -0.386 e. The molecule has 0 aliphatic rings. The molecular formula is C9H11BrN2O. The third kappa shape index (κ3) is 2.73. The van der Waals surface area contributed by atoms with Crippen molar-refractivity contribution in [1.82, 2.24) is 0 Å². The summed E-state index contributed by atoms with van der Waals surface area (Å²) in [6.45, 7) is 1.49. The Labute approximate surface area is 85.7 Å². The van der Waals surface area contributed by atoms with Gasteiger partial charge in [-0.3, -0.25) is 4.79 Å². The first-order chi connectivity index (χ1) is 6.13. The Hall–Kier alpha value is -1.03. The van der Waals surface area contributed by atoms with Crippen LogP contribution < -0.4 is 10.6 Å². The van der Waals surface area contributed by atoms with Gasteiger partial charge in [-0.25, -0.2) is 0 Å². The lowest BCUT2D eigenvalue weighted by Gasteiger charge is -2.09. The lowest BCUT2D eigenvalue weighted by atomic mass is 10.2. The zero-order valence-electron chi connectivity index (χ0n) is 7.52. The number of hydrogen-bond donors (Lipinski definition) is 2. The minimum absolute atomic E-state index is 0.0744. The SMILES string of the molecule is CNc1ccc(Br)cc1NC(C)=O. The van der Waals surface area contributed by atoms with Gasteiger partial charge in [-0.05, 0) is 18.2 Å². The van der Waals surface area contributed by atoms with Gasteiger partial charge >= 0.3 is 0 Å². The Kier molecular flexibility index (Phi) is 3.31. The van der Waals surface area contributed by atoms with Crippen LogP contribution in [-0.4, -0.2) is 13.0 Å². The van der Waals surface area contributed by atoms with E-state index in [1.165, 1.54) is 6.92 Å². The van der Waals surface area contributed by atoms with E-state index in [4.69, 9.17) is 0 Å². The molecule has 0 aromatic heterocycles. The first-order valence-electron chi connectivity index (χ1n) is 3.88. The predicted molar refractivity (Wildman–Crippen MR) is 58.0 cm³/mol. The second-order valence-electron chi connectivity index (χ2n) is 2.62. The highest BCUT2D eigenvalue weighted by molar-refractivity contribution is 9.10. The lowest BCUT2D eigenvalue weighted by Crippen LogP contribution is -2.07. The lowest BCUT2D eigenvalue weighted by molar-refractivity contribution is -0.114. The fourth-order valence-corrected chi connectivity index (χ4v) is 1.39. The fourth-order valence-electron chi connectivity index (χ4n) is 1.03. The smallest absolute Gasteiger partial charge is 0.221 e. The third-order valence-electron chi connectivity index (χ3n) is 1.56. The van der Waals surface area contributed by atoms with Gasteiger partial charge in [0.15, 0.2) is 0 Å². The van der Waals surface area contributed by atoms with Crippen LogP contribution in [0.25, 0.3) is 0 Å². The van der Waals surface area contributed by atoms with Gasteiger partial charge < -0.3 is 10.6 Å². The van der Waals surface area contributed by atoms with Gasteiger partial charge in [-0.2, -0.15) is 0 Å². The zero-order chi connectivity index (χ0) is 9.84. The van der Waals surface area contributed by atoms with Crippen molar-refractivity contribution in [1.29, 1.82) is 0 Å². The Balaban J connectivity index is 3.01. The molecule has 0 unspecified atom stereocenters. The number of rotatable bonds is 2. The van der Waals surface area contributed by atoms with Crippen LogP contribution in [0.3, 0.4) is 0 Å². The van der Waals surface area contributed by atoms with E-state index in [-0.39, 0.29) is 5.91 Å². The minimum atomic E-state index is -0.0744. The molecule has 3 nitrogen and oxygen atoms in total. The number of amides is 1. The molecule has 1 aromatic carbocycles. The standard InChI is InChI=1S/C9H11BrN2O/c1-6(13)12-9-5-7(10)3-4-8(9)11-2/h3-5,11H,1-2H3,(H,12,13). The van der Waals surface area contributed by atoms with Crippen LogP contribution >= 0.6 is 15.9 Å². The zero-order valence-corrected chi connectivity index (χ0v) is 9.10. The van der Waals surface area contributed by atoms with Crippen molar-refractivity contribution in [2.24, 2.45) is 0 Å². The van der Waals surface area contributed by atoms with Crippen LogP contribution in [0.5, 0.6) is 0 Å². The molecular weight excluding hydrogens is 232 g/mol. The van der Waals surface area contributed by atoms with Crippen molar-refractivity contribution in [2.75, 3.05) is 17.7 Å². The van der Waals surface area contributed by atoms with E-state index in [0.717, 1.165) is 15.8 Å². The molecule has 1 rings (SSSR count). The van der Waals surface area contributed by atoms with Gasteiger partial charge in [0.25, 0.3) is 0 Å². The summed E-state index contributed by atoms with van der Waals surface area (Å²) in [5.41, 5.74) is 1.68. The number of anilines is 2. The third-order valence-corrected chi connectivity index (χ3v) is 2.05. The fraction of sp³-hybridized carbons (Fsp3) is 0.222. The van der Waals surface area contributed by atoms with Crippen molar-refractivity contribution in [2.45, 2.75) is 6.92 Å². The molecule has 0 heterocycles. The predicted octanol–water partition coefficient (Wildman–Crippen LogP) is 2.45. The van der Waals surface area contributed by atoms with Gasteiger partial charge in [0, 0.05) is 18.4 Å². The normalized spacial score (nSPS) is 9.46. The molecule has 1 aromatic rings. The summed E-state index contributed by atoms with van der Waals surface area (Å²) in [6, 6.07) is 5.67. The second kappa shape index (κ2) is 4.28. The van der Waals surface area contributed by atoms with Crippen LogP contribution in [0.2, 0.25) is 0 Å². The summed E-state index contributed by atoms with van der Waals surface area (Å²) in [7, 11) is 1.81.